The minimum atomic E-state index is 0. The lowest BCUT2D eigenvalue weighted by atomic mass is 9.95. The highest BCUT2D eigenvalue weighted by Crippen LogP contribution is 2.19. The molecule has 3 heterocycles. The summed E-state index contributed by atoms with van der Waals surface area (Å²) in [6, 6.07) is 40.3. The maximum absolute atomic E-state index is 2.52. The zero-order valence-electron chi connectivity index (χ0n) is 31.4. The summed E-state index contributed by atoms with van der Waals surface area (Å²) in [5.74, 6) is 0. The molecule has 7 aromatic rings. The summed E-state index contributed by atoms with van der Waals surface area (Å²) in [5.41, 5.74) is 4.62. The summed E-state index contributed by atoms with van der Waals surface area (Å²) in [6.45, 7) is 3.27. The smallest absolute Gasteiger partial charge is 0.176 e. The van der Waals surface area contributed by atoms with E-state index in [1.54, 1.807) is 16.7 Å². The fraction of sp³-hybridized carbons (Fsp3) is 0.312. The van der Waals surface area contributed by atoms with E-state index in [4.69, 9.17) is 0 Å². The molecule has 0 aliphatic carbocycles. The molecule has 0 aliphatic rings. The topological polar surface area (TPSA) is 11.6 Å². The second-order valence-corrected chi connectivity index (χ2v) is 14.5. The van der Waals surface area contributed by atoms with Crippen LogP contribution in [-0.2, 0) is 38.9 Å². The molecule has 0 radical (unpaired) electrons. The maximum Gasteiger partial charge on any atom is 0.176 e. The van der Waals surface area contributed by atoms with E-state index in [0.717, 1.165) is 19.6 Å². The fourth-order valence-corrected chi connectivity index (χ4v) is 7.62. The van der Waals surface area contributed by atoms with Gasteiger partial charge in [0.25, 0.3) is 0 Å². The predicted molar refractivity (Wildman–Crippen MR) is 212 cm³/mol. The first-order chi connectivity index (χ1) is 25.2. The molecular formula is C48H54Br3N3. The molecule has 0 N–H and O–H groups in total. The van der Waals surface area contributed by atoms with Gasteiger partial charge in [0.1, 0.15) is 19.6 Å². The molecule has 0 bridgehead atoms. The number of fused-ring (bicyclic) bond motifs is 3. The number of nitrogens with zero attached hydrogens (tertiary/aromatic N) is 3. The average Bonchev–Trinajstić information content (AvgIpc) is 3.17. The first kappa shape index (κ1) is 43.3. The van der Waals surface area contributed by atoms with Crippen LogP contribution in [0.2, 0.25) is 0 Å². The van der Waals surface area contributed by atoms with E-state index >= 15 is 0 Å². The number of hydrogen-bond acceptors (Lipinski definition) is 0. The zero-order chi connectivity index (χ0) is 34.5. The Balaban J connectivity index is 0.00000217. The van der Waals surface area contributed by atoms with Gasteiger partial charge in [-0.1, -0.05) is 72.8 Å². The molecule has 7 rings (SSSR count). The van der Waals surface area contributed by atoms with Crippen molar-refractivity contribution >= 4 is 32.3 Å². The number of rotatable bonds is 18. The second-order valence-electron chi connectivity index (χ2n) is 14.5. The summed E-state index contributed by atoms with van der Waals surface area (Å²) in [5, 5.41) is 7.92. The largest absolute Gasteiger partial charge is 1.00 e. The van der Waals surface area contributed by atoms with E-state index in [1.807, 2.05) is 0 Å². The van der Waals surface area contributed by atoms with E-state index in [0.29, 0.717) is 0 Å². The van der Waals surface area contributed by atoms with Gasteiger partial charge in [-0.3, -0.25) is 0 Å². The normalized spacial score (nSPS) is 10.9. The number of benzene rings is 4. The van der Waals surface area contributed by atoms with Crippen LogP contribution in [0.1, 0.15) is 74.5 Å². The molecule has 0 saturated carbocycles. The van der Waals surface area contributed by atoms with Crippen LogP contribution in [0.4, 0.5) is 0 Å². The van der Waals surface area contributed by atoms with Gasteiger partial charge in [-0.2, -0.15) is 0 Å². The molecule has 3 aromatic heterocycles. The zero-order valence-corrected chi connectivity index (χ0v) is 36.2. The Morgan fingerprint density at radius 1 is 0.296 bits per heavy atom. The Labute approximate surface area is 354 Å². The van der Waals surface area contributed by atoms with Gasteiger partial charge >= 0.3 is 0 Å². The quantitative estimate of drug-likeness (QED) is 0.0910. The molecule has 0 atom stereocenters. The lowest BCUT2D eigenvalue weighted by molar-refractivity contribution is -0.696. The van der Waals surface area contributed by atoms with Gasteiger partial charge in [-0.15, -0.1) is 0 Å². The Kier molecular flexibility index (Phi) is 18.3. The Hall–Kier alpha value is -3.45. The number of aryl methyl sites for hydroxylation is 6. The van der Waals surface area contributed by atoms with Crippen molar-refractivity contribution in [2.24, 2.45) is 0 Å². The van der Waals surface area contributed by atoms with E-state index < -0.39 is 0 Å². The third-order valence-corrected chi connectivity index (χ3v) is 10.5. The van der Waals surface area contributed by atoms with Crippen molar-refractivity contribution < 1.29 is 64.6 Å². The Morgan fingerprint density at radius 2 is 0.574 bits per heavy atom. The predicted octanol–water partition coefficient (Wildman–Crippen LogP) is 1.26. The van der Waals surface area contributed by atoms with Crippen LogP contribution < -0.4 is 64.6 Å². The third kappa shape index (κ3) is 12.8. The summed E-state index contributed by atoms with van der Waals surface area (Å²) in [4.78, 5) is 0. The summed E-state index contributed by atoms with van der Waals surface area (Å²) in [7, 11) is 0. The SMILES string of the molecule is [Br-].[Br-].[Br-].c1ccc2c[n+](CCCCCc3cc(CCCCC[n+]4ccc5ccccc5c4)cc(CCCCC[n+]4ccc5ccccc5c4)c3)ccc2c1. The molecule has 6 heteroatoms. The summed E-state index contributed by atoms with van der Waals surface area (Å²) in [6.07, 6.45) is 28.4. The van der Waals surface area contributed by atoms with Gasteiger partial charge < -0.3 is 50.9 Å². The average molecular weight is 913 g/mol. The molecule has 0 amide bonds. The Morgan fingerprint density at radius 3 is 0.870 bits per heavy atom. The molecule has 0 aliphatic heterocycles. The van der Waals surface area contributed by atoms with Crippen molar-refractivity contribution in [1.82, 2.24) is 0 Å². The van der Waals surface area contributed by atoms with E-state index in [2.05, 4.69) is 160 Å². The van der Waals surface area contributed by atoms with Crippen molar-refractivity contribution in [1.29, 1.82) is 0 Å². The van der Waals surface area contributed by atoms with Crippen LogP contribution in [-0.4, -0.2) is 0 Å². The van der Waals surface area contributed by atoms with Crippen LogP contribution in [0.3, 0.4) is 0 Å². The molecule has 0 unspecified atom stereocenters. The summed E-state index contributed by atoms with van der Waals surface area (Å²) < 4.78 is 7.08. The molecule has 0 saturated heterocycles. The summed E-state index contributed by atoms with van der Waals surface area (Å²) >= 11 is 0. The van der Waals surface area contributed by atoms with Crippen LogP contribution >= 0.6 is 0 Å². The fourth-order valence-electron chi connectivity index (χ4n) is 7.62. The Bertz CT molecular complexity index is 1930. The van der Waals surface area contributed by atoms with Crippen LogP contribution in [0, 0.1) is 0 Å². The number of pyridine rings is 3. The van der Waals surface area contributed by atoms with Crippen molar-refractivity contribution in [3.63, 3.8) is 0 Å². The monoisotopic (exact) mass is 909 g/mol. The van der Waals surface area contributed by atoms with Crippen molar-refractivity contribution in [3.8, 4) is 0 Å². The molecule has 0 fully saturated rings. The van der Waals surface area contributed by atoms with Gasteiger partial charge in [0.15, 0.2) is 37.2 Å². The van der Waals surface area contributed by atoms with Crippen LogP contribution in [0.5, 0.6) is 0 Å². The first-order valence-electron chi connectivity index (χ1n) is 19.5. The maximum atomic E-state index is 2.52. The first-order valence-corrected chi connectivity index (χ1v) is 19.5. The van der Waals surface area contributed by atoms with E-state index in [9.17, 15) is 0 Å². The minimum Gasteiger partial charge on any atom is -1.00 e. The van der Waals surface area contributed by atoms with Crippen LogP contribution in [0.15, 0.2) is 146 Å². The lowest BCUT2D eigenvalue weighted by Gasteiger charge is -2.11. The van der Waals surface area contributed by atoms with Gasteiger partial charge in [-0.25, -0.2) is 13.7 Å². The molecule has 4 aromatic carbocycles. The standard InChI is InChI=1S/C48H54N3.3BrH/c1(13-28-49-31-25-43-19-7-10-22-46(43)37-49)4-16-40-34-41(17-5-2-14-29-50-32-26-44-20-8-11-23-47(44)38-50)36-42(35-40)18-6-3-15-30-51-33-27-45-21-9-12-24-48(45)39-51;;;/h7-12,19-27,31-39H,1-6,13-18,28-30H2;3*1H/q+3;;;/p-3. The highest BCUT2D eigenvalue weighted by molar-refractivity contribution is 5.81. The molecule has 3 nitrogen and oxygen atoms in total. The van der Waals surface area contributed by atoms with Gasteiger partial charge in [0.2, 0.25) is 0 Å². The van der Waals surface area contributed by atoms with Crippen LogP contribution in [0.25, 0.3) is 32.3 Å². The second kappa shape index (κ2) is 22.8. The van der Waals surface area contributed by atoms with Crippen molar-refractivity contribution in [2.75, 3.05) is 0 Å². The molecular weight excluding hydrogens is 858 g/mol. The number of halogens is 3. The van der Waals surface area contributed by atoms with Crippen molar-refractivity contribution in [3.05, 3.63) is 163 Å². The number of unbranched alkanes of at least 4 members (excludes halogenated alkanes) is 6. The highest BCUT2D eigenvalue weighted by atomic mass is 79.9. The van der Waals surface area contributed by atoms with Gasteiger partial charge in [0.05, 0.1) is 0 Å². The minimum absolute atomic E-state index is 0. The van der Waals surface area contributed by atoms with E-state index in [1.165, 1.54) is 109 Å². The van der Waals surface area contributed by atoms with Gasteiger partial charge in [0, 0.05) is 53.6 Å². The van der Waals surface area contributed by atoms with E-state index in [-0.39, 0.29) is 50.9 Å². The van der Waals surface area contributed by atoms with Gasteiger partial charge in [-0.05, 0) is 109 Å². The number of aromatic nitrogens is 3. The lowest BCUT2D eigenvalue weighted by Crippen LogP contribution is -3.00. The van der Waals surface area contributed by atoms with Crippen molar-refractivity contribution in [2.45, 2.75) is 96.7 Å². The molecule has 54 heavy (non-hydrogen) atoms. The number of hydrogen-bond donors (Lipinski definition) is 0. The molecule has 282 valence electrons. The highest BCUT2D eigenvalue weighted by Gasteiger charge is 2.08. The molecule has 0 spiro atoms. The third-order valence-electron chi connectivity index (χ3n) is 10.5.